The standard InChI is InChI=1S/C15H21NO3/c16-13(11-3-1-2-4-11)7-8-17-12-5-6-14-15(9-12)19-10-18-14/h5-6,9,11,13H,1-4,7-8,10,16H2. The van der Waals surface area contributed by atoms with Crippen LogP contribution in [0.2, 0.25) is 0 Å². The van der Waals surface area contributed by atoms with Gasteiger partial charge in [0.15, 0.2) is 11.5 Å². The normalized spacial score (nSPS) is 19.6. The summed E-state index contributed by atoms with van der Waals surface area (Å²) in [5.74, 6) is 3.07. The first kappa shape index (κ1) is 12.6. The second-order valence-electron chi connectivity index (χ2n) is 5.36. The number of hydrogen-bond donors (Lipinski definition) is 1. The summed E-state index contributed by atoms with van der Waals surface area (Å²) in [6.45, 7) is 0.961. The predicted molar refractivity (Wildman–Crippen MR) is 72.6 cm³/mol. The van der Waals surface area contributed by atoms with Crippen LogP contribution in [-0.2, 0) is 0 Å². The van der Waals surface area contributed by atoms with Crippen molar-refractivity contribution in [3.05, 3.63) is 18.2 Å². The van der Waals surface area contributed by atoms with Crippen LogP contribution in [0.5, 0.6) is 17.2 Å². The van der Waals surface area contributed by atoms with Crippen LogP contribution in [0.3, 0.4) is 0 Å². The Hall–Kier alpha value is -1.42. The monoisotopic (exact) mass is 263 g/mol. The fraction of sp³-hybridized carbons (Fsp3) is 0.600. The van der Waals surface area contributed by atoms with Crippen LogP contribution in [0.1, 0.15) is 32.1 Å². The van der Waals surface area contributed by atoms with Gasteiger partial charge in [0, 0.05) is 12.1 Å². The number of hydrogen-bond acceptors (Lipinski definition) is 4. The van der Waals surface area contributed by atoms with Crippen molar-refractivity contribution in [3.63, 3.8) is 0 Å². The van der Waals surface area contributed by atoms with Crippen LogP contribution in [0.25, 0.3) is 0 Å². The average molecular weight is 263 g/mol. The summed E-state index contributed by atoms with van der Waals surface area (Å²) in [7, 11) is 0. The SMILES string of the molecule is NC(CCOc1ccc2c(c1)OCO2)C1CCCC1. The van der Waals surface area contributed by atoms with Gasteiger partial charge in [-0.15, -0.1) is 0 Å². The van der Waals surface area contributed by atoms with Gasteiger partial charge in [-0.25, -0.2) is 0 Å². The van der Waals surface area contributed by atoms with Crippen LogP contribution in [0.15, 0.2) is 18.2 Å². The van der Waals surface area contributed by atoms with Gasteiger partial charge in [-0.2, -0.15) is 0 Å². The molecule has 1 aromatic rings. The molecular formula is C15H21NO3. The summed E-state index contributed by atoms with van der Waals surface area (Å²) in [5.41, 5.74) is 6.21. The van der Waals surface area contributed by atoms with E-state index in [1.807, 2.05) is 18.2 Å². The predicted octanol–water partition coefficient (Wildman–Crippen LogP) is 2.70. The quantitative estimate of drug-likeness (QED) is 0.887. The van der Waals surface area contributed by atoms with Gasteiger partial charge in [0.25, 0.3) is 0 Å². The zero-order valence-electron chi connectivity index (χ0n) is 11.1. The van der Waals surface area contributed by atoms with Crippen LogP contribution < -0.4 is 19.9 Å². The molecule has 2 aliphatic rings. The van der Waals surface area contributed by atoms with Crippen LogP contribution >= 0.6 is 0 Å². The maximum absolute atomic E-state index is 6.21. The molecule has 1 aliphatic heterocycles. The smallest absolute Gasteiger partial charge is 0.231 e. The zero-order chi connectivity index (χ0) is 13.1. The molecule has 1 aromatic carbocycles. The van der Waals surface area contributed by atoms with Gasteiger partial charge in [-0.1, -0.05) is 12.8 Å². The topological polar surface area (TPSA) is 53.7 Å². The third kappa shape index (κ3) is 2.95. The Bertz CT molecular complexity index is 429. The molecule has 4 nitrogen and oxygen atoms in total. The van der Waals surface area contributed by atoms with E-state index in [-0.39, 0.29) is 6.04 Å². The fourth-order valence-electron chi connectivity index (χ4n) is 2.90. The molecule has 3 rings (SSSR count). The lowest BCUT2D eigenvalue weighted by Crippen LogP contribution is -2.30. The third-order valence-electron chi connectivity index (χ3n) is 4.07. The number of benzene rings is 1. The van der Waals surface area contributed by atoms with Gasteiger partial charge in [0.2, 0.25) is 6.79 Å². The first-order valence-corrected chi connectivity index (χ1v) is 7.11. The van der Waals surface area contributed by atoms with Crippen molar-refractivity contribution < 1.29 is 14.2 Å². The van der Waals surface area contributed by atoms with E-state index in [2.05, 4.69) is 0 Å². The zero-order valence-corrected chi connectivity index (χ0v) is 11.1. The van der Waals surface area contributed by atoms with Gasteiger partial charge in [-0.3, -0.25) is 0 Å². The van der Waals surface area contributed by atoms with Gasteiger partial charge >= 0.3 is 0 Å². The molecule has 0 amide bonds. The van der Waals surface area contributed by atoms with E-state index >= 15 is 0 Å². The molecule has 0 aromatic heterocycles. The Morgan fingerprint density at radius 3 is 2.84 bits per heavy atom. The van der Waals surface area contributed by atoms with Gasteiger partial charge < -0.3 is 19.9 Å². The van der Waals surface area contributed by atoms with E-state index < -0.39 is 0 Å². The second-order valence-corrected chi connectivity index (χ2v) is 5.36. The largest absolute Gasteiger partial charge is 0.493 e. The summed E-state index contributed by atoms with van der Waals surface area (Å²) < 4.78 is 16.3. The Morgan fingerprint density at radius 1 is 1.21 bits per heavy atom. The van der Waals surface area contributed by atoms with Crippen molar-refractivity contribution in [2.45, 2.75) is 38.1 Å². The first-order valence-electron chi connectivity index (χ1n) is 7.11. The van der Waals surface area contributed by atoms with Crippen molar-refractivity contribution in [1.29, 1.82) is 0 Å². The van der Waals surface area contributed by atoms with E-state index in [1.165, 1.54) is 25.7 Å². The summed E-state index contributed by atoms with van der Waals surface area (Å²) >= 11 is 0. The molecule has 1 atom stereocenters. The maximum Gasteiger partial charge on any atom is 0.231 e. The molecule has 4 heteroatoms. The van der Waals surface area contributed by atoms with Crippen molar-refractivity contribution in [1.82, 2.24) is 0 Å². The Balaban J connectivity index is 1.47. The minimum atomic E-state index is 0.275. The lowest BCUT2D eigenvalue weighted by molar-refractivity contribution is 0.173. The van der Waals surface area contributed by atoms with E-state index in [4.69, 9.17) is 19.9 Å². The molecule has 0 spiro atoms. The minimum absolute atomic E-state index is 0.275. The highest BCUT2D eigenvalue weighted by molar-refractivity contribution is 5.46. The molecule has 2 N–H and O–H groups in total. The maximum atomic E-state index is 6.21. The Kier molecular flexibility index (Phi) is 3.78. The molecule has 1 fully saturated rings. The van der Waals surface area contributed by atoms with Crippen molar-refractivity contribution in [2.75, 3.05) is 13.4 Å². The molecule has 1 saturated carbocycles. The Morgan fingerprint density at radius 2 is 2.00 bits per heavy atom. The number of rotatable bonds is 5. The fourth-order valence-corrected chi connectivity index (χ4v) is 2.90. The lowest BCUT2D eigenvalue weighted by Gasteiger charge is -2.18. The van der Waals surface area contributed by atoms with Gasteiger partial charge in [-0.05, 0) is 37.3 Å². The molecule has 0 bridgehead atoms. The van der Waals surface area contributed by atoms with E-state index in [1.54, 1.807) is 0 Å². The lowest BCUT2D eigenvalue weighted by atomic mass is 9.97. The third-order valence-corrected chi connectivity index (χ3v) is 4.07. The number of nitrogens with two attached hydrogens (primary N) is 1. The van der Waals surface area contributed by atoms with Crippen LogP contribution in [-0.4, -0.2) is 19.4 Å². The van der Waals surface area contributed by atoms with E-state index in [0.29, 0.717) is 19.3 Å². The highest BCUT2D eigenvalue weighted by Crippen LogP contribution is 2.35. The second kappa shape index (κ2) is 5.70. The molecule has 19 heavy (non-hydrogen) atoms. The number of fused-ring (bicyclic) bond motifs is 1. The van der Waals surface area contributed by atoms with Crippen molar-refractivity contribution in [2.24, 2.45) is 11.7 Å². The number of ether oxygens (including phenoxy) is 3. The summed E-state index contributed by atoms with van der Waals surface area (Å²) in [6, 6.07) is 5.95. The van der Waals surface area contributed by atoms with E-state index in [9.17, 15) is 0 Å². The van der Waals surface area contributed by atoms with Gasteiger partial charge in [0.05, 0.1) is 6.61 Å². The van der Waals surface area contributed by atoms with Crippen molar-refractivity contribution >= 4 is 0 Å². The Labute approximate surface area is 113 Å². The summed E-state index contributed by atoms with van der Waals surface area (Å²) in [4.78, 5) is 0. The van der Waals surface area contributed by atoms with E-state index in [0.717, 1.165) is 23.7 Å². The summed E-state index contributed by atoms with van der Waals surface area (Å²) in [5, 5.41) is 0. The minimum Gasteiger partial charge on any atom is -0.493 e. The van der Waals surface area contributed by atoms with Gasteiger partial charge in [0.1, 0.15) is 5.75 Å². The molecule has 1 aliphatic carbocycles. The summed E-state index contributed by atoms with van der Waals surface area (Å²) in [6.07, 6.45) is 6.15. The van der Waals surface area contributed by atoms with Crippen LogP contribution in [0, 0.1) is 5.92 Å². The highest BCUT2D eigenvalue weighted by atomic mass is 16.7. The average Bonchev–Trinajstić information content (AvgIpc) is 3.09. The molecule has 0 saturated heterocycles. The van der Waals surface area contributed by atoms with Crippen LogP contribution in [0.4, 0.5) is 0 Å². The molecule has 104 valence electrons. The highest BCUT2D eigenvalue weighted by Gasteiger charge is 2.21. The molecular weight excluding hydrogens is 242 g/mol. The molecule has 1 unspecified atom stereocenters. The first-order chi connectivity index (χ1) is 9.33. The van der Waals surface area contributed by atoms with Crippen molar-refractivity contribution in [3.8, 4) is 17.2 Å². The molecule has 0 radical (unpaired) electrons. The molecule has 1 heterocycles.